The number of anilines is 1. The average Bonchev–Trinajstić information content (AvgIpc) is 2.80. The molecule has 8 heteroatoms. The lowest BCUT2D eigenvalue weighted by molar-refractivity contribution is -0.384. The van der Waals surface area contributed by atoms with Crippen LogP contribution >= 0.6 is 0 Å². The summed E-state index contributed by atoms with van der Waals surface area (Å²) in [5, 5.41) is 19.0. The minimum atomic E-state index is -3.95. The van der Waals surface area contributed by atoms with E-state index >= 15 is 0 Å². The van der Waals surface area contributed by atoms with Crippen LogP contribution in [-0.4, -0.2) is 19.4 Å². The Kier molecular flexibility index (Phi) is 3.54. The fourth-order valence-corrected chi connectivity index (χ4v) is 2.45. The maximum atomic E-state index is 11.2. The summed E-state index contributed by atoms with van der Waals surface area (Å²) in [7, 11) is -3.95. The van der Waals surface area contributed by atoms with Gasteiger partial charge in [-0.15, -0.1) is 0 Å². The fraction of sp³-hybridized carbons (Fsp3) is 0.273. The summed E-state index contributed by atoms with van der Waals surface area (Å²) >= 11 is 0. The zero-order chi connectivity index (χ0) is 14.0. The van der Waals surface area contributed by atoms with E-state index in [1.54, 1.807) is 0 Å². The molecule has 1 aromatic rings. The van der Waals surface area contributed by atoms with E-state index < -0.39 is 14.9 Å². The Morgan fingerprint density at radius 1 is 1.32 bits per heavy atom. The van der Waals surface area contributed by atoms with Crippen molar-refractivity contribution in [3.8, 4) is 0 Å². The van der Waals surface area contributed by atoms with Gasteiger partial charge in [0.2, 0.25) is 10.0 Å². The van der Waals surface area contributed by atoms with Gasteiger partial charge in [-0.3, -0.25) is 10.1 Å². The van der Waals surface area contributed by atoms with Gasteiger partial charge in [0.15, 0.2) is 0 Å². The van der Waals surface area contributed by atoms with E-state index in [1.165, 1.54) is 12.1 Å². The summed E-state index contributed by atoms with van der Waals surface area (Å²) in [6, 6.07) is 3.70. The number of hydrogen-bond donors (Lipinski definition) is 2. The number of benzene rings is 1. The van der Waals surface area contributed by atoms with E-state index in [2.05, 4.69) is 5.32 Å². The third-order valence-electron chi connectivity index (χ3n) is 2.86. The Hall–Kier alpha value is -1.93. The normalized spacial score (nSPS) is 15.6. The van der Waals surface area contributed by atoms with Crippen molar-refractivity contribution >= 4 is 21.4 Å². The number of nitro benzene ring substituents is 1. The molecule has 0 saturated carbocycles. The van der Waals surface area contributed by atoms with Gasteiger partial charge in [-0.05, 0) is 25.0 Å². The molecule has 0 heterocycles. The molecule has 0 radical (unpaired) electrons. The molecule has 2 rings (SSSR count). The molecule has 0 amide bonds. The summed E-state index contributed by atoms with van der Waals surface area (Å²) < 4.78 is 22.4. The second-order valence-corrected chi connectivity index (χ2v) is 5.83. The predicted molar refractivity (Wildman–Crippen MR) is 70.3 cm³/mol. The van der Waals surface area contributed by atoms with Crippen molar-refractivity contribution in [1.82, 2.24) is 0 Å². The largest absolute Gasteiger partial charge is 0.376 e. The van der Waals surface area contributed by atoms with E-state index in [0.717, 1.165) is 18.9 Å². The third kappa shape index (κ3) is 3.09. The van der Waals surface area contributed by atoms with Crippen LogP contribution in [0.2, 0.25) is 0 Å². The first-order valence-electron chi connectivity index (χ1n) is 5.60. The van der Waals surface area contributed by atoms with Crippen LogP contribution in [0.1, 0.15) is 12.8 Å². The lowest BCUT2D eigenvalue weighted by Crippen LogP contribution is -2.17. The molecule has 7 nitrogen and oxygen atoms in total. The van der Waals surface area contributed by atoms with Crippen molar-refractivity contribution in [1.29, 1.82) is 0 Å². The summed E-state index contributed by atoms with van der Waals surface area (Å²) in [6.07, 6.45) is 5.55. The monoisotopic (exact) mass is 283 g/mol. The van der Waals surface area contributed by atoms with Gasteiger partial charge in [-0.2, -0.15) is 0 Å². The van der Waals surface area contributed by atoms with Crippen molar-refractivity contribution in [3.05, 3.63) is 40.5 Å². The van der Waals surface area contributed by atoms with Gasteiger partial charge < -0.3 is 5.32 Å². The number of nitrogens with one attached hydrogen (secondary N) is 1. The van der Waals surface area contributed by atoms with Gasteiger partial charge in [-0.25, -0.2) is 13.6 Å². The Balaban J connectivity index is 2.35. The topological polar surface area (TPSA) is 115 Å². The summed E-state index contributed by atoms with van der Waals surface area (Å²) in [4.78, 5) is 10.1. The Bertz CT molecular complexity index is 631. The van der Waals surface area contributed by atoms with Crippen molar-refractivity contribution in [3.63, 3.8) is 0 Å². The number of sulfonamides is 1. The highest BCUT2D eigenvalue weighted by atomic mass is 32.2. The van der Waals surface area contributed by atoms with Crippen molar-refractivity contribution in [2.24, 2.45) is 5.14 Å². The molecule has 0 spiro atoms. The quantitative estimate of drug-likeness (QED) is 0.492. The summed E-state index contributed by atoms with van der Waals surface area (Å²) in [5.74, 6) is 0. The zero-order valence-corrected chi connectivity index (χ0v) is 10.8. The smallest absolute Gasteiger partial charge is 0.293 e. The molecule has 3 N–H and O–H groups in total. The second kappa shape index (κ2) is 4.98. The van der Waals surface area contributed by atoms with Gasteiger partial charge in [-0.1, -0.05) is 12.2 Å². The Morgan fingerprint density at radius 2 is 1.95 bits per heavy atom. The van der Waals surface area contributed by atoms with Gasteiger partial charge in [0.25, 0.3) is 5.69 Å². The molecular formula is C11H13N3O4S. The van der Waals surface area contributed by atoms with Crippen molar-refractivity contribution in [2.45, 2.75) is 23.8 Å². The van der Waals surface area contributed by atoms with Crippen LogP contribution in [-0.2, 0) is 10.0 Å². The van der Waals surface area contributed by atoms with Crippen LogP contribution in [0.15, 0.2) is 35.2 Å². The predicted octanol–water partition coefficient (Wildman–Crippen LogP) is 1.37. The van der Waals surface area contributed by atoms with Crippen LogP contribution in [0.3, 0.4) is 0 Å². The molecule has 0 fully saturated rings. The second-order valence-electron chi connectivity index (χ2n) is 4.27. The molecule has 19 heavy (non-hydrogen) atoms. The SMILES string of the molecule is NS(=O)(=O)c1ccc(NC2CC=CC2)c([N+](=O)[O-])c1. The first kappa shape index (κ1) is 13.5. The molecule has 0 aliphatic heterocycles. The maximum absolute atomic E-state index is 11.2. The molecule has 0 atom stereocenters. The highest BCUT2D eigenvalue weighted by Crippen LogP contribution is 2.29. The molecule has 102 valence electrons. The molecule has 1 aromatic carbocycles. The van der Waals surface area contributed by atoms with E-state index in [-0.39, 0.29) is 16.6 Å². The Morgan fingerprint density at radius 3 is 2.47 bits per heavy atom. The van der Waals surface area contributed by atoms with E-state index in [4.69, 9.17) is 5.14 Å². The molecule has 1 aliphatic rings. The molecule has 0 bridgehead atoms. The summed E-state index contributed by atoms with van der Waals surface area (Å²) in [5.41, 5.74) is 0.00419. The van der Waals surface area contributed by atoms with Crippen LogP contribution in [0.25, 0.3) is 0 Å². The standard InChI is InChI=1S/C11H13N3O4S/c12-19(17,18)9-5-6-10(11(7-9)14(15)16)13-8-3-1-2-4-8/h1-2,5-8,13H,3-4H2,(H2,12,17,18). The first-order valence-corrected chi connectivity index (χ1v) is 7.15. The van der Waals surface area contributed by atoms with E-state index in [1.807, 2.05) is 12.2 Å². The number of nitro groups is 1. The molecule has 0 unspecified atom stereocenters. The number of nitrogens with zero attached hydrogens (tertiary/aromatic N) is 1. The van der Waals surface area contributed by atoms with Gasteiger partial charge in [0, 0.05) is 12.1 Å². The maximum Gasteiger partial charge on any atom is 0.293 e. The number of hydrogen-bond acceptors (Lipinski definition) is 5. The van der Waals surface area contributed by atoms with Crippen LogP contribution in [0, 0.1) is 10.1 Å². The number of rotatable bonds is 4. The molecule has 0 saturated heterocycles. The van der Waals surface area contributed by atoms with Crippen LogP contribution in [0.5, 0.6) is 0 Å². The van der Waals surface area contributed by atoms with Crippen LogP contribution in [0.4, 0.5) is 11.4 Å². The molecular weight excluding hydrogens is 270 g/mol. The first-order chi connectivity index (χ1) is 8.88. The van der Waals surface area contributed by atoms with E-state index in [0.29, 0.717) is 5.69 Å². The Labute approximate surface area is 110 Å². The van der Waals surface area contributed by atoms with Crippen molar-refractivity contribution in [2.75, 3.05) is 5.32 Å². The van der Waals surface area contributed by atoms with Crippen LogP contribution < -0.4 is 10.5 Å². The van der Waals surface area contributed by atoms with Gasteiger partial charge in [0.1, 0.15) is 5.69 Å². The minimum Gasteiger partial charge on any atom is -0.376 e. The zero-order valence-electron chi connectivity index (χ0n) is 9.94. The summed E-state index contributed by atoms with van der Waals surface area (Å²) in [6.45, 7) is 0. The van der Waals surface area contributed by atoms with Crippen molar-refractivity contribution < 1.29 is 13.3 Å². The fourth-order valence-electron chi connectivity index (χ4n) is 1.92. The molecule has 1 aliphatic carbocycles. The van der Waals surface area contributed by atoms with Gasteiger partial charge >= 0.3 is 0 Å². The minimum absolute atomic E-state index is 0.0963. The lowest BCUT2D eigenvalue weighted by Gasteiger charge is -2.14. The highest BCUT2D eigenvalue weighted by Gasteiger charge is 2.21. The lowest BCUT2D eigenvalue weighted by atomic mass is 10.2. The van der Waals surface area contributed by atoms with E-state index in [9.17, 15) is 18.5 Å². The molecule has 0 aromatic heterocycles. The van der Waals surface area contributed by atoms with Gasteiger partial charge in [0.05, 0.1) is 9.82 Å². The highest BCUT2D eigenvalue weighted by molar-refractivity contribution is 7.89. The third-order valence-corrected chi connectivity index (χ3v) is 3.77. The number of nitrogens with two attached hydrogens (primary N) is 1. The average molecular weight is 283 g/mol. The number of primary sulfonamides is 1.